The SMILES string of the molecule is Cc1ccc(-c2cc(C(=O)N3CC(=O)N[C@@H](C(C)C)c4nc(cs4)C(=O)N[C@H](C(C)C)c4nc(c(C)o4)C(=O)N[C@H](C)C3)[nH]n2)cc1. The highest BCUT2D eigenvalue weighted by Crippen LogP contribution is 2.28. The highest BCUT2D eigenvalue weighted by atomic mass is 32.1. The van der Waals surface area contributed by atoms with Crippen LogP contribution in [0.1, 0.15) is 100 Å². The van der Waals surface area contributed by atoms with Crippen LogP contribution in [-0.2, 0) is 4.79 Å². The van der Waals surface area contributed by atoms with Gasteiger partial charge in [-0.1, -0.05) is 57.5 Å². The van der Waals surface area contributed by atoms with Gasteiger partial charge < -0.3 is 25.3 Å². The Bertz CT molecular complexity index is 1770. The quantitative estimate of drug-likeness (QED) is 0.250. The third-order valence-electron chi connectivity index (χ3n) is 7.90. The van der Waals surface area contributed by atoms with E-state index in [0.29, 0.717) is 10.7 Å². The van der Waals surface area contributed by atoms with Crippen molar-refractivity contribution in [1.29, 1.82) is 0 Å². The maximum absolute atomic E-state index is 13.9. The van der Waals surface area contributed by atoms with Crippen molar-refractivity contribution < 1.29 is 23.6 Å². The van der Waals surface area contributed by atoms with Gasteiger partial charge in [-0.3, -0.25) is 24.3 Å². The maximum Gasteiger partial charge on any atom is 0.273 e. The molecule has 0 unspecified atom stereocenters. The molecule has 0 saturated heterocycles. The van der Waals surface area contributed by atoms with Gasteiger partial charge in [0.1, 0.15) is 28.2 Å². The standard InChI is InChI=1S/C33H40N8O5S/c1-16(2)26-31-38-28(20(7)46-31)30(44)34-19(6)13-41(33(45)23-12-22(39-40-23)21-10-8-18(5)9-11-21)14-25(42)36-27(17(3)4)32-35-24(15-47-32)29(43)37-26/h8-12,15-17,19,26-27H,13-14H2,1-7H3,(H,34,44)(H,36,42)(H,37,43)(H,39,40)/t19-,26-,27+/m1/s1. The number of carbonyl (C=O) groups is 4. The van der Waals surface area contributed by atoms with E-state index in [1.807, 2.05) is 58.9 Å². The first-order valence-corrected chi connectivity index (χ1v) is 16.4. The Morgan fingerprint density at radius 2 is 1.64 bits per heavy atom. The summed E-state index contributed by atoms with van der Waals surface area (Å²) in [6.07, 6.45) is 0. The molecule has 4 aromatic rings. The maximum atomic E-state index is 13.9. The molecule has 47 heavy (non-hydrogen) atoms. The number of aromatic nitrogens is 4. The highest BCUT2D eigenvalue weighted by molar-refractivity contribution is 7.09. The fraction of sp³-hybridized carbons (Fsp3) is 0.424. The molecular weight excluding hydrogens is 620 g/mol. The first kappa shape index (κ1) is 33.5. The molecule has 1 aliphatic heterocycles. The number of nitrogens with one attached hydrogen (secondary N) is 4. The van der Waals surface area contributed by atoms with Crippen molar-refractivity contribution in [2.75, 3.05) is 13.1 Å². The van der Waals surface area contributed by atoms with Crippen LogP contribution in [0.4, 0.5) is 0 Å². The number of aromatic amines is 1. The largest absolute Gasteiger partial charge is 0.443 e. The number of H-pyrrole nitrogens is 1. The Morgan fingerprint density at radius 1 is 0.936 bits per heavy atom. The summed E-state index contributed by atoms with van der Waals surface area (Å²) in [5, 5.41) is 18.2. The molecule has 4 amide bonds. The van der Waals surface area contributed by atoms with Gasteiger partial charge in [0.05, 0.1) is 18.3 Å². The van der Waals surface area contributed by atoms with Gasteiger partial charge >= 0.3 is 0 Å². The van der Waals surface area contributed by atoms with E-state index in [1.165, 1.54) is 16.2 Å². The summed E-state index contributed by atoms with van der Waals surface area (Å²) < 4.78 is 5.89. The molecule has 5 rings (SSSR count). The van der Waals surface area contributed by atoms with Gasteiger partial charge in [-0.05, 0) is 38.7 Å². The molecule has 0 fully saturated rings. The fourth-order valence-corrected chi connectivity index (χ4v) is 6.31. The van der Waals surface area contributed by atoms with Crippen molar-refractivity contribution in [1.82, 2.24) is 41.0 Å². The minimum Gasteiger partial charge on any atom is -0.443 e. The first-order chi connectivity index (χ1) is 22.3. The van der Waals surface area contributed by atoms with Crippen LogP contribution in [0.25, 0.3) is 11.3 Å². The zero-order valence-electron chi connectivity index (χ0n) is 27.5. The van der Waals surface area contributed by atoms with Crippen molar-refractivity contribution >= 4 is 35.0 Å². The lowest BCUT2D eigenvalue weighted by Gasteiger charge is -2.27. The number of thiazole rings is 1. The zero-order chi connectivity index (χ0) is 34.0. The summed E-state index contributed by atoms with van der Waals surface area (Å²) in [6.45, 7) is 12.7. The zero-order valence-corrected chi connectivity index (χ0v) is 28.3. The number of benzene rings is 1. The van der Waals surface area contributed by atoms with Crippen LogP contribution in [0.5, 0.6) is 0 Å². The van der Waals surface area contributed by atoms with Crippen LogP contribution in [-0.4, -0.2) is 67.8 Å². The van der Waals surface area contributed by atoms with E-state index >= 15 is 0 Å². The second-order valence-corrected chi connectivity index (χ2v) is 13.5. The summed E-state index contributed by atoms with van der Waals surface area (Å²) in [5.41, 5.74) is 2.97. The molecule has 0 spiro atoms. The molecule has 0 aliphatic carbocycles. The molecule has 13 nitrogen and oxygen atoms in total. The number of rotatable bonds is 4. The van der Waals surface area contributed by atoms with E-state index in [4.69, 9.17) is 4.42 Å². The van der Waals surface area contributed by atoms with Crippen molar-refractivity contribution in [3.8, 4) is 11.3 Å². The predicted molar refractivity (Wildman–Crippen MR) is 176 cm³/mol. The van der Waals surface area contributed by atoms with Gasteiger partial charge in [-0.25, -0.2) is 9.97 Å². The van der Waals surface area contributed by atoms with Crippen LogP contribution < -0.4 is 16.0 Å². The predicted octanol–water partition coefficient (Wildman–Crippen LogP) is 4.35. The smallest absolute Gasteiger partial charge is 0.273 e. The molecule has 0 radical (unpaired) electrons. The molecule has 4 bridgehead atoms. The Balaban J connectivity index is 1.49. The number of oxazole rings is 1. The van der Waals surface area contributed by atoms with Gasteiger partial charge in [0.25, 0.3) is 17.7 Å². The van der Waals surface area contributed by atoms with E-state index in [0.717, 1.165) is 11.1 Å². The minimum absolute atomic E-state index is 0.0130. The molecule has 1 aromatic carbocycles. The summed E-state index contributed by atoms with van der Waals surface area (Å²) in [4.78, 5) is 64.5. The third-order valence-corrected chi connectivity index (χ3v) is 8.83. The summed E-state index contributed by atoms with van der Waals surface area (Å²) in [5.74, 6) is -1.53. The van der Waals surface area contributed by atoms with Gasteiger partial charge in [0, 0.05) is 23.5 Å². The molecule has 3 atom stereocenters. The van der Waals surface area contributed by atoms with Crippen LogP contribution in [0.15, 0.2) is 40.1 Å². The Hall–Kier alpha value is -4.85. The lowest BCUT2D eigenvalue weighted by molar-refractivity contribution is -0.122. The van der Waals surface area contributed by atoms with Crippen molar-refractivity contribution in [2.45, 2.75) is 66.6 Å². The van der Waals surface area contributed by atoms with Crippen molar-refractivity contribution in [3.63, 3.8) is 0 Å². The average molecular weight is 661 g/mol. The summed E-state index contributed by atoms with van der Waals surface area (Å²) in [7, 11) is 0. The van der Waals surface area contributed by atoms with E-state index in [9.17, 15) is 19.2 Å². The van der Waals surface area contributed by atoms with Crippen LogP contribution in [0.2, 0.25) is 0 Å². The Kier molecular flexibility index (Phi) is 9.89. The van der Waals surface area contributed by atoms with Crippen molar-refractivity contribution in [2.24, 2.45) is 11.8 Å². The molecule has 1 aliphatic rings. The molecule has 14 heteroatoms. The molecule has 3 aromatic heterocycles. The number of fused-ring (bicyclic) bond motifs is 4. The number of carbonyl (C=O) groups excluding carboxylic acids is 4. The normalized spacial score (nSPS) is 19.6. The van der Waals surface area contributed by atoms with E-state index in [2.05, 4.69) is 36.1 Å². The lowest BCUT2D eigenvalue weighted by atomic mass is 10.0. The molecule has 4 heterocycles. The van der Waals surface area contributed by atoms with Crippen molar-refractivity contribution in [3.05, 3.63) is 75.0 Å². The average Bonchev–Trinajstić information content (AvgIpc) is 3.78. The van der Waals surface area contributed by atoms with E-state index < -0.39 is 41.8 Å². The van der Waals surface area contributed by atoms with Gasteiger partial charge in [-0.2, -0.15) is 5.10 Å². The van der Waals surface area contributed by atoms with Gasteiger partial charge in [0.2, 0.25) is 11.8 Å². The summed E-state index contributed by atoms with van der Waals surface area (Å²) in [6, 6.07) is 7.67. The second kappa shape index (κ2) is 13.9. The Morgan fingerprint density at radius 3 is 2.32 bits per heavy atom. The molecular formula is C33H40N8O5S. The molecule has 0 saturated carbocycles. The van der Waals surface area contributed by atoms with Gasteiger partial charge in [-0.15, -0.1) is 11.3 Å². The van der Waals surface area contributed by atoms with E-state index in [-0.39, 0.29) is 53.7 Å². The van der Waals surface area contributed by atoms with Crippen LogP contribution in [0, 0.1) is 25.7 Å². The lowest BCUT2D eigenvalue weighted by Crippen LogP contribution is -2.48. The van der Waals surface area contributed by atoms with Gasteiger partial charge in [0.15, 0.2) is 5.69 Å². The topological polar surface area (TPSA) is 175 Å². The third kappa shape index (κ3) is 7.59. The Labute approximate surface area is 276 Å². The monoisotopic (exact) mass is 660 g/mol. The number of hydrogen-bond acceptors (Lipinski definition) is 9. The summed E-state index contributed by atoms with van der Waals surface area (Å²) >= 11 is 1.26. The fourth-order valence-electron chi connectivity index (χ4n) is 5.29. The minimum atomic E-state index is -0.628. The number of aryl methyl sites for hydroxylation is 2. The number of hydrogen-bond donors (Lipinski definition) is 4. The van der Waals surface area contributed by atoms with E-state index in [1.54, 1.807) is 25.3 Å². The highest BCUT2D eigenvalue weighted by Gasteiger charge is 2.31. The number of amides is 4. The second-order valence-electron chi connectivity index (χ2n) is 12.6. The van der Waals surface area contributed by atoms with Crippen LogP contribution >= 0.6 is 11.3 Å². The molecule has 248 valence electrons. The first-order valence-electron chi connectivity index (χ1n) is 15.6. The molecule has 4 N–H and O–H groups in total. The van der Waals surface area contributed by atoms with Crippen LogP contribution in [0.3, 0.4) is 0 Å². The number of nitrogens with zero attached hydrogens (tertiary/aromatic N) is 4.